The molecular weight excluding hydrogens is 237 g/mol. The molecule has 1 heterocycles. The standard InChI is InChI=1S/C10H15NO4.K/c1-10(2,3)15-9(14)11-5-7(12)4-8(13)6-11;/h4,12H,5-6H2,1-3H3;/q;+1/p-1. The second-order valence-corrected chi connectivity index (χ2v) is 4.41. The van der Waals surface area contributed by atoms with Crippen LogP contribution in [-0.4, -0.2) is 35.5 Å². The molecule has 0 atom stereocenters. The maximum absolute atomic E-state index is 11.5. The van der Waals surface area contributed by atoms with Crippen molar-refractivity contribution in [3.05, 3.63) is 11.8 Å². The smallest absolute Gasteiger partial charge is 0.874 e. The van der Waals surface area contributed by atoms with E-state index in [4.69, 9.17) is 4.74 Å². The molecule has 16 heavy (non-hydrogen) atoms. The molecule has 0 radical (unpaired) electrons. The molecular formula is C10H14KNO4. The largest absolute Gasteiger partial charge is 1.00 e. The van der Waals surface area contributed by atoms with Crippen LogP contribution in [0.2, 0.25) is 0 Å². The van der Waals surface area contributed by atoms with Gasteiger partial charge in [0.15, 0.2) is 5.78 Å². The van der Waals surface area contributed by atoms with E-state index < -0.39 is 11.7 Å². The number of carbonyl (C=O) groups is 2. The molecule has 1 amide bonds. The van der Waals surface area contributed by atoms with Crippen molar-refractivity contribution in [2.24, 2.45) is 0 Å². The Balaban J connectivity index is 0.00000225. The number of carbonyl (C=O) groups excluding carboxylic acids is 2. The Morgan fingerprint density at radius 1 is 1.44 bits per heavy atom. The van der Waals surface area contributed by atoms with Crippen LogP contribution < -0.4 is 56.5 Å². The third-order valence-corrected chi connectivity index (χ3v) is 1.67. The van der Waals surface area contributed by atoms with E-state index in [-0.39, 0.29) is 76.0 Å². The minimum absolute atomic E-state index is 0. The van der Waals surface area contributed by atoms with Crippen molar-refractivity contribution < 1.29 is 70.8 Å². The Labute approximate surface area is 137 Å². The molecule has 0 saturated carbocycles. The zero-order valence-corrected chi connectivity index (χ0v) is 13.2. The second kappa shape index (κ2) is 6.16. The van der Waals surface area contributed by atoms with Gasteiger partial charge in [0.25, 0.3) is 0 Å². The van der Waals surface area contributed by atoms with Crippen LogP contribution in [0.3, 0.4) is 0 Å². The first-order valence-corrected chi connectivity index (χ1v) is 4.66. The van der Waals surface area contributed by atoms with E-state index in [0.717, 1.165) is 11.0 Å². The predicted molar refractivity (Wildman–Crippen MR) is 50.9 cm³/mol. The van der Waals surface area contributed by atoms with Gasteiger partial charge in [-0.05, 0) is 26.8 Å². The fraction of sp³-hybridized carbons (Fsp3) is 0.600. The number of ketones is 1. The molecule has 1 aliphatic rings. The summed E-state index contributed by atoms with van der Waals surface area (Å²) in [5.74, 6) is -0.728. The summed E-state index contributed by atoms with van der Waals surface area (Å²) in [7, 11) is 0. The van der Waals surface area contributed by atoms with E-state index in [1.54, 1.807) is 20.8 Å². The average Bonchev–Trinajstić information content (AvgIpc) is 1.98. The Morgan fingerprint density at radius 3 is 2.44 bits per heavy atom. The summed E-state index contributed by atoms with van der Waals surface area (Å²) in [4.78, 5) is 23.6. The van der Waals surface area contributed by atoms with E-state index in [9.17, 15) is 14.7 Å². The second-order valence-electron chi connectivity index (χ2n) is 4.41. The zero-order valence-electron chi connectivity index (χ0n) is 10.1. The molecule has 1 aliphatic heterocycles. The summed E-state index contributed by atoms with van der Waals surface area (Å²) in [6.45, 7) is 5.02. The molecule has 0 fully saturated rings. The molecule has 0 aromatic rings. The predicted octanol–water partition coefficient (Wildman–Crippen LogP) is -2.95. The van der Waals surface area contributed by atoms with Gasteiger partial charge in [-0.2, -0.15) is 0 Å². The molecule has 6 heteroatoms. The Hall–Kier alpha value is 0.116. The van der Waals surface area contributed by atoms with Gasteiger partial charge in [-0.25, -0.2) is 4.79 Å². The van der Waals surface area contributed by atoms with Crippen molar-refractivity contribution in [1.29, 1.82) is 0 Å². The summed E-state index contributed by atoms with van der Waals surface area (Å²) in [6, 6.07) is 0. The monoisotopic (exact) mass is 251 g/mol. The quantitative estimate of drug-likeness (QED) is 0.432. The van der Waals surface area contributed by atoms with Crippen LogP contribution in [0.15, 0.2) is 11.8 Å². The van der Waals surface area contributed by atoms with Gasteiger partial charge in [0.1, 0.15) is 5.60 Å². The van der Waals surface area contributed by atoms with Crippen LogP contribution in [0.4, 0.5) is 4.79 Å². The number of nitrogens with zero attached hydrogens (tertiary/aromatic N) is 1. The van der Waals surface area contributed by atoms with Crippen LogP contribution in [0.25, 0.3) is 0 Å². The number of hydrogen-bond acceptors (Lipinski definition) is 4. The molecule has 0 bridgehead atoms. The van der Waals surface area contributed by atoms with Gasteiger partial charge in [-0.15, -0.1) is 5.76 Å². The third-order valence-electron chi connectivity index (χ3n) is 1.67. The first kappa shape index (κ1) is 16.1. The van der Waals surface area contributed by atoms with Crippen LogP contribution in [0.1, 0.15) is 20.8 Å². The fourth-order valence-corrected chi connectivity index (χ4v) is 1.16. The van der Waals surface area contributed by atoms with Gasteiger partial charge < -0.3 is 9.84 Å². The number of rotatable bonds is 0. The summed E-state index contributed by atoms with van der Waals surface area (Å²) in [5, 5.41) is 11.0. The van der Waals surface area contributed by atoms with Crippen molar-refractivity contribution in [2.75, 3.05) is 13.1 Å². The van der Waals surface area contributed by atoms with E-state index >= 15 is 0 Å². The molecule has 0 N–H and O–H groups in total. The van der Waals surface area contributed by atoms with Gasteiger partial charge >= 0.3 is 57.5 Å². The first-order chi connectivity index (χ1) is 6.78. The number of ether oxygens (including phenoxy) is 1. The van der Waals surface area contributed by atoms with E-state index in [0.29, 0.717) is 0 Å². The first-order valence-electron chi connectivity index (χ1n) is 4.66. The van der Waals surface area contributed by atoms with Crippen molar-refractivity contribution >= 4 is 11.9 Å². The molecule has 0 saturated heterocycles. The molecule has 0 aromatic heterocycles. The SMILES string of the molecule is CC(C)(C)OC(=O)N1CC(=O)C=C([O-])C1.[K+]. The number of amides is 1. The van der Waals surface area contributed by atoms with Crippen LogP contribution in [-0.2, 0) is 9.53 Å². The minimum Gasteiger partial charge on any atom is -0.874 e. The fourth-order valence-electron chi connectivity index (χ4n) is 1.16. The zero-order chi connectivity index (χ0) is 11.6. The van der Waals surface area contributed by atoms with Crippen molar-refractivity contribution in [3.8, 4) is 0 Å². The van der Waals surface area contributed by atoms with Crippen LogP contribution in [0, 0.1) is 0 Å². The Kier molecular flexibility index (Phi) is 6.20. The summed E-state index contributed by atoms with van der Waals surface area (Å²) >= 11 is 0. The van der Waals surface area contributed by atoms with Crippen LogP contribution >= 0.6 is 0 Å². The molecule has 84 valence electrons. The van der Waals surface area contributed by atoms with Gasteiger partial charge in [-0.1, -0.05) is 0 Å². The van der Waals surface area contributed by atoms with Gasteiger partial charge in [0.05, 0.1) is 6.54 Å². The molecule has 0 spiro atoms. The van der Waals surface area contributed by atoms with Gasteiger partial charge in [-0.3, -0.25) is 9.69 Å². The van der Waals surface area contributed by atoms with Crippen LogP contribution in [0.5, 0.6) is 0 Å². The molecule has 5 nitrogen and oxygen atoms in total. The maximum atomic E-state index is 11.5. The maximum Gasteiger partial charge on any atom is 1.00 e. The molecule has 0 aliphatic carbocycles. The van der Waals surface area contributed by atoms with Crippen molar-refractivity contribution in [3.63, 3.8) is 0 Å². The summed E-state index contributed by atoms with van der Waals surface area (Å²) < 4.78 is 5.04. The Morgan fingerprint density at radius 2 is 2.00 bits per heavy atom. The Bertz CT molecular complexity index is 319. The number of hydrogen-bond donors (Lipinski definition) is 0. The molecule has 0 unspecified atom stereocenters. The minimum atomic E-state index is -0.627. The van der Waals surface area contributed by atoms with Crippen molar-refractivity contribution in [2.45, 2.75) is 26.4 Å². The molecule has 0 aromatic carbocycles. The molecule has 1 rings (SSSR count). The summed E-state index contributed by atoms with van der Waals surface area (Å²) in [6.07, 6.45) is 0.387. The summed E-state index contributed by atoms with van der Waals surface area (Å²) in [5.41, 5.74) is -0.621. The third kappa shape index (κ3) is 5.45. The van der Waals surface area contributed by atoms with Gasteiger partial charge in [0.2, 0.25) is 0 Å². The van der Waals surface area contributed by atoms with E-state index in [1.165, 1.54) is 0 Å². The van der Waals surface area contributed by atoms with Crippen molar-refractivity contribution in [1.82, 2.24) is 4.90 Å². The average molecular weight is 251 g/mol. The van der Waals surface area contributed by atoms with E-state index in [1.807, 2.05) is 0 Å². The van der Waals surface area contributed by atoms with Gasteiger partial charge in [0, 0.05) is 6.54 Å². The topological polar surface area (TPSA) is 69.7 Å². The normalized spacial score (nSPS) is 16.3. The van der Waals surface area contributed by atoms with E-state index in [2.05, 4.69) is 0 Å².